The van der Waals surface area contributed by atoms with E-state index in [1.54, 1.807) is 0 Å². The molecule has 0 aromatic heterocycles. The lowest BCUT2D eigenvalue weighted by Crippen LogP contribution is -1.83. The highest BCUT2D eigenvalue weighted by Gasteiger charge is 1.93. The van der Waals surface area contributed by atoms with E-state index in [1.807, 2.05) is 6.08 Å². The van der Waals surface area contributed by atoms with E-state index in [-0.39, 0.29) is 6.61 Å². The molecule has 0 aliphatic heterocycles. The number of unbranched alkanes of at least 4 members (excludes halogenated alkanes) is 14. The van der Waals surface area contributed by atoms with E-state index in [4.69, 9.17) is 5.11 Å². The monoisotopic (exact) mass is 282 g/mol. The molecule has 0 bridgehead atoms. The van der Waals surface area contributed by atoms with Gasteiger partial charge in [0, 0.05) is 0 Å². The first-order chi connectivity index (χ1) is 9.91. The molecule has 0 unspecified atom stereocenters. The molecule has 0 heterocycles. The Balaban J connectivity index is 2.94. The number of allylic oxidation sites excluding steroid dienone is 1. The molecule has 0 aromatic rings. The minimum absolute atomic E-state index is 0.193. The normalized spacial score (nSPS) is 11.5. The Morgan fingerprint density at radius 2 is 0.950 bits per heavy atom. The number of rotatable bonds is 16. The highest BCUT2D eigenvalue weighted by molar-refractivity contribution is 4.80. The van der Waals surface area contributed by atoms with Gasteiger partial charge < -0.3 is 5.11 Å². The van der Waals surface area contributed by atoms with Crippen LogP contribution in [0.15, 0.2) is 12.2 Å². The smallest absolute Gasteiger partial charge is 0.0612 e. The summed E-state index contributed by atoms with van der Waals surface area (Å²) in [7, 11) is 0. The third-order valence-corrected chi connectivity index (χ3v) is 4.00. The van der Waals surface area contributed by atoms with Crippen LogP contribution >= 0.6 is 0 Å². The summed E-state index contributed by atoms with van der Waals surface area (Å²) in [4.78, 5) is 0. The first kappa shape index (κ1) is 19.7. The van der Waals surface area contributed by atoms with Gasteiger partial charge in [0.15, 0.2) is 0 Å². The van der Waals surface area contributed by atoms with Gasteiger partial charge in [-0.3, -0.25) is 0 Å². The molecule has 0 atom stereocenters. The number of hydrogen-bond acceptors (Lipinski definition) is 1. The molecule has 0 aliphatic rings. The standard InChI is InChI=1S/C19H38O/c1-2-3-4-5-6-7-8-9-10-11-12-13-14-15-16-17-18-19-20/h17-18,20H,2-16,19H2,1H3/b18-17+. The van der Waals surface area contributed by atoms with Crippen molar-refractivity contribution in [2.45, 2.75) is 103 Å². The van der Waals surface area contributed by atoms with Crippen molar-refractivity contribution in [1.29, 1.82) is 0 Å². The second-order valence-corrected chi connectivity index (χ2v) is 6.04. The molecule has 0 aliphatic carbocycles. The van der Waals surface area contributed by atoms with Crippen LogP contribution < -0.4 is 0 Å². The summed E-state index contributed by atoms with van der Waals surface area (Å²) in [5.74, 6) is 0. The van der Waals surface area contributed by atoms with E-state index in [0.29, 0.717) is 0 Å². The fourth-order valence-electron chi connectivity index (χ4n) is 2.65. The predicted octanol–water partition coefficient (Wildman–Crippen LogP) is 6.41. The fraction of sp³-hybridized carbons (Fsp3) is 0.895. The zero-order valence-electron chi connectivity index (χ0n) is 13.9. The molecule has 0 rings (SSSR count). The fourth-order valence-corrected chi connectivity index (χ4v) is 2.65. The van der Waals surface area contributed by atoms with Crippen molar-refractivity contribution in [1.82, 2.24) is 0 Å². The molecule has 1 N–H and O–H groups in total. The van der Waals surface area contributed by atoms with E-state index in [9.17, 15) is 0 Å². The average molecular weight is 283 g/mol. The number of aliphatic hydroxyl groups excluding tert-OH is 1. The maximum absolute atomic E-state index is 8.59. The maximum Gasteiger partial charge on any atom is 0.0612 e. The lowest BCUT2D eigenvalue weighted by molar-refractivity contribution is 0.342. The molecule has 0 saturated heterocycles. The van der Waals surface area contributed by atoms with Crippen molar-refractivity contribution in [3.05, 3.63) is 12.2 Å². The van der Waals surface area contributed by atoms with Crippen LogP contribution in [-0.2, 0) is 0 Å². The van der Waals surface area contributed by atoms with Gasteiger partial charge in [-0.25, -0.2) is 0 Å². The van der Waals surface area contributed by atoms with E-state index < -0.39 is 0 Å². The van der Waals surface area contributed by atoms with Crippen LogP contribution in [0.25, 0.3) is 0 Å². The second kappa shape index (κ2) is 18.7. The van der Waals surface area contributed by atoms with Crippen LogP contribution in [0.5, 0.6) is 0 Å². The van der Waals surface area contributed by atoms with Crippen LogP contribution in [0.2, 0.25) is 0 Å². The molecule has 0 saturated carbocycles. The van der Waals surface area contributed by atoms with E-state index >= 15 is 0 Å². The number of aliphatic hydroxyl groups is 1. The van der Waals surface area contributed by atoms with Crippen molar-refractivity contribution in [3.63, 3.8) is 0 Å². The topological polar surface area (TPSA) is 20.2 Å². The summed E-state index contributed by atoms with van der Waals surface area (Å²) in [6.07, 6.45) is 24.9. The zero-order chi connectivity index (χ0) is 14.7. The molecule has 0 spiro atoms. The highest BCUT2D eigenvalue weighted by Crippen LogP contribution is 2.13. The average Bonchev–Trinajstić information content (AvgIpc) is 2.47. The summed E-state index contributed by atoms with van der Waals surface area (Å²) in [6.45, 7) is 2.48. The summed E-state index contributed by atoms with van der Waals surface area (Å²) < 4.78 is 0. The first-order valence-electron chi connectivity index (χ1n) is 9.17. The van der Waals surface area contributed by atoms with Gasteiger partial charge in [-0.15, -0.1) is 0 Å². The minimum atomic E-state index is 0.193. The van der Waals surface area contributed by atoms with Gasteiger partial charge in [-0.2, -0.15) is 0 Å². The Hall–Kier alpha value is -0.300. The number of hydrogen-bond donors (Lipinski definition) is 1. The van der Waals surface area contributed by atoms with Crippen molar-refractivity contribution in [2.75, 3.05) is 6.61 Å². The Morgan fingerprint density at radius 3 is 1.35 bits per heavy atom. The molecule has 120 valence electrons. The second-order valence-electron chi connectivity index (χ2n) is 6.04. The minimum Gasteiger partial charge on any atom is -0.392 e. The van der Waals surface area contributed by atoms with Crippen LogP contribution in [-0.4, -0.2) is 11.7 Å². The quantitative estimate of drug-likeness (QED) is 0.256. The molecule has 1 heteroatoms. The molecular formula is C19H38O. The Morgan fingerprint density at radius 1 is 0.550 bits per heavy atom. The van der Waals surface area contributed by atoms with E-state index in [0.717, 1.165) is 6.42 Å². The molecule has 0 amide bonds. The SMILES string of the molecule is CCCCCCCCCCCCCCCC/C=C/CO. The lowest BCUT2D eigenvalue weighted by atomic mass is 10.0. The summed E-state index contributed by atoms with van der Waals surface area (Å²) in [5.41, 5.74) is 0. The van der Waals surface area contributed by atoms with E-state index in [2.05, 4.69) is 13.0 Å². The van der Waals surface area contributed by atoms with Gasteiger partial charge in [0.1, 0.15) is 0 Å². The van der Waals surface area contributed by atoms with Gasteiger partial charge in [-0.1, -0.05) is 103 Å². The summed E-state index contributed by atoms with van der Waals surface area (Å²) in [6, 6.07) is 0. The van der Waals surface area contributed by atoms with Crippen LogP contribution in [0.3, 0.4) is 0 Å². The first-order valence-corrected chi connectivity index (χ1v) is 9.17. The van der Waals surface area contributed by atoms with Crippen molar-refractivity contribution < 1.29 is 5.11 Å². The zero-order valence-corrected chi connectivity index (χ0v) is 13.9. The predicted molar refractivity (Wildman–Crippen MR) is 91.2 cm³/mol. The van der Waals surface area contributed by atoms with Gasteiger partial charge >= 0.3 is 0 Å². The lowest BCUT2D eigenvalue weighted by Gasteiger charge is -2.02. The molecule has 0 radical (unpaired) electrons. The van der Waals surface area contributed by atoms with Gasteiger partial charge in [0.2, 0.25) is 0 Å². The molecular weight excluding hydrogens is 244 g/mol. The summed E-state index contributed by atoms with van der Waals surface area (Å²) >= 11 is 0. The van der Waals surface area contributed by atoms with Crippen LogP contribution in [0.1, 0.15) is 103 Å². The third-order valence-electron chi connectivity index (χ3n) is 4.00. The van der Waals surface area contributed by atoms with Crippen molar-refractivity contribution in [3.8, 4) is 0 Å². The van der Waals surface area contributed by atoms with Crippen LogP contribution in [0.4, 0.5) is 0 Å². The molecule has 0 aromatic carbocycles. The third kappa shape index (κ3) is 17.7. The Kier molecular flexibility index (Phi) is 18.4. The maximum atomic E-state index is 8.59. The Labute approximate surface area is 127 Å². The van der Waals surface area contributed by atoms with Crippen molar-refractivity contribution in [2.24, 2.45) is 0 Å². The largest absolute Gasteiger partial charge is 0.392 e. The van der Waals surface area contributed by atoms with Gasteiger partial charge in [0.25, 0.3) is 0 Å². The summed E-state index contributed by atoms with van der Waals surface area (Å²) in [5, 5.41) is 8.59. The van der Waals surface area contributed by atoms with Gasteiger partial charge in [0.05, 0.1) is 6.61 Å². The Bertz CT molecular complexity index is 186. The molecule has 0 fully saturated rings. The molecule has 20 heavy (non-hydrogen) atoms. The van der Waals surface area contributed by atoms with Gasteiger partial charge in [-0.05, 0) is 12.8 Å². The van der Waals surface area contributed by atoms with Crippen molar-refractivity contribution >= 4 is 0 Å². The van der Waals surface area contributed by atoms with Crippen LogP contribution in [0, 0.1) is 0 Å². The molecule has 1 nitrogen and oxygen atoms in total. The highest BCUT2D eigenvalue weighted by atomic mass is 16.2. The van der Waals surface area contributed by atoms with E-state index in [1.165, 1.54) is 89.9 Å².